The Balaban J connectivity index is 2.93. The zero-order chi connectivity index (χ0) is 11.3. The fraction of sp³-hybridized carbons (Fsp3) is 0.200. The molecule has 1 aromatic heterocycles. The van der Waals surface area contributed by atoms with Gasteiger partial charge >= 0.3 is 5.97 Å². The molecule has 0 atom stereocenters. The van der Waals surface area contributed by atoms with Crippen molar-refractivity contribution in [2.45, 2.75) is 0 Å². The Hall–Kier alpha value is -2.06. The highest BCUT2D eigenvalue weighted by atomic mass is 16.4. The van der Waals surface area contributed by atoms with E-state index in [-0.39, 0.29) is 11.4 Å². The van der Waals surface area contributed by atoms with E-state index >= 15 is 0 Å². The molecule has 0 aliphatic rings. The summed E-state index contributed by atoms with van der Waals surface area (Å²) in [4.78, 5) is 14.3. The number of carboxylic acid groups (broad SMARTS) is 1. The van der Waals surface area contributed by atoms with Crippen molar-refractivity contribution >= 4 is 11.7 Å². The second-order valence-corrected chi connectivity index (χ2v) is 2.80. The molecule has 78 valence electrons. The number of carboxylic acids is 1. The summed E-state index contributed by atoms with van der Waals surface area (Å²) >= 11 is 0. The van der Waals surface area contributed by atoms with Crippen LogP contribution >= 0.6 is 0 Å². The number of aromatic carboxylic acids is 1. The van der Waals surface area contributed by atoms with Gasteiger partial charge in [-0.05, 0) is 13.1 Å². The van der Waals surface area contributed by atoms with Gasteiger partial charge in [-0.1, -0.05) is 11.8 Å². The van der Waals surface area contributed by atoms with Crippen molar-refractivity contribution < 1.29 is 9.90 Å². The van der Waals surface area contributed by atoms with E-state index in [0.29, 0.717) is 12.1 Å². The third-order valence-electron chi connectivity index (χ3n) is 1.62. The summed E-state index contributed by atoms with van der Waals surface area (Å²) in [7, 11) is 1.79. The predicted octanol–water partition coefficient (Wildman–Crippen LogP) is -0.0671. The van der Waals surface area contributed by atoms with Gasteiger partial charge in [0.2, 0.25) is 0 Å². The number of carbonyl (C=O) groups is 1. The van der Waals surface area contributed by atoms with Gasteiger partial charge in [0.05, 0.1) is 12.2 Å². The molecule has 0 spiro atoms. The highest BCUT2D eigenvalue weighted by Crippen LogP contribution is 2.09. The molecule has 4 N–H and O–H groups in total. The van der Waals surface area contributed by atoms with Crippen LogP contribution in [-0.2, 0) is 0 Å². The number of aromatic nitrogens is 1. The molecule has 0 saturated carbocycles. The average Bonchev–Trinajstić information content (AvgIpc) is 2.17. The number of nitrogens with zero attached hydrogens (tertiary/aromatic N) is 1. The first kappa shape index (κ1) is 11.0. The minimum atomic E-state index is -1.14. The van der Waals surface area contributed by atoms with Crippen molar-refractivity contribution in [1.82, 2.24) is 10.3 Å². The Bertz CT molecular complexity index is 432. The van der Waals surface area contributed by atoms with Crippen molar-refractivity contribution in [2.24, 2.45) is 0 Å². The van der Waals surface area contributed by atoms with Crippen LogP contribution in [0.15, 0.2) is 12.3 Å². The molecular weight excluding hydrogens is 194 g/mol. The lowest BCUT2D eigenvalue weighted by molar-refractivity contribution is 0.0692. The molecule has 1 aromatic rings. The Labute approximate surface area is 87.3 Å². The molecule has 1 rings (SSSR count). The van der Waals surface area contributed by atoms with Gasteiger partial charge < -0.3 is 16.2 Å². The van der Waals surface area contributed by atoms with Crippen molar-refractivity contribution in [3.05, 3.63) is 23.5 Å². The fourth-order valence-corrected chi connectivity index (χ4v) is 0.963. The SMILES string of the molecule is CNCC#Cc1cnc(C(=O)O)c(N)c1. The van der Waals surface area contributed by atoms with E-state index in [1.165, 1.54) is 12.3 Å². The maximum Gasteiger partial charge on any atom is 0.356 e. The Morgan fingerprint density at radius 1 is 1.73 bits per heavy atom. The van der Waals surface area contributed by atoms with Crippen molar-refractivity contribution in [1.29, 1.82) is 0 Å². The predicted molar refractivity (Wildman–Crippen MR) is 56.4 cm³/mol. The van der Waals surface area contributed by atoms with Crippen LogP contribution in [0.25, 0.3) is 0 Å². The van der Waals surface area contributed by atoms with Crippen LogP contribution in [-0.4, -0.2) is 29.7 Å². The van der Waals surface area contributed by atoms with E-state index in [0.717, 1.165) is 0 Å². The van der Waals surface area contributed by atoms with E-state index in [1.807, 2.05) is 0 Å². The molecule has 0 aliphatic heterocycles. The fourth-order valence-electron chi connectivity index (χ4n) is 0.963. The molecule has 0 aromatic carbocycles. The number of nitrogen functional groups attached to an aromatic ring is 1. The van der Waals surface area contributed by atoms with Gasteiger partial charge in [0.15, 0.2) is 5.69 Å². The zero-order valence-electron chi connectivity index (χ0n) is 8.24. The van der Waals surface area contributed by atoms with Gasteiger partial charge in [0, 0.05) is 11.8 Å². The summed E-state index contributed by atoms with van der Waals surface area (Å²) in [5.74, 6) is 4.49. The summed E-state index contributed by atoms with van der Waals surface area (Å²) in [6.45, 7) is 0.556. The van der Waals surface area contributed by atoms with Crippen LogP contribution < -0.4 is 11.1 Å². The first-order valence-electron chi connectivity index (χ1n) is 4.27. The number of anilines is 1. The summed E-state index contributed by atoms with van der Waals surface area (Å²) in [5.41, 5.74) is 6.08. The molecule has 0 aliphatic carbocycles. The number of hydrogen-bond acceptors (Lipinski definition) is 4. The number of nitrogens with two attached hydrogens (primary N) is 1. The van der Waals surface area contributed by atoms with E-state index in [2.05, 4.69) is 22.1 Å². The third-order valence-corrected chi connectivity index (χ3v) is 1.62. The lowest BCUT2D eigenvalue weighted by atomic mass is 10.2. The lowest BCUT2D eigenvalue weighted by Gasteiger charge is -1.99. The van der Waals surface area contributed by atoms with Crippen LogP contribution in [0.2, 0.25) is 0 Å². The van der Waals surface area contributed by atoms with Gasteiger partial charge in [-0.15, -0.1) is 0 Å². The van der Waals surface area contributed by atoms with Gasteiger partial charge in [0.25, 0.3) is 0 Å². The van der Waals surface area contributed by atoms with E-state index in [4.69, 9.17) is 10.8 Å². The van der Waals surface area contributed by atoms with E-state index in [1.54, 1.807) is 7.05 Å². The number of rotatable bonds is 2. The number of hydrogen-bond donors (Lipinski definition) is 3. The smallest absolute Gasteiger partial charge is 0.356 e. The van der Waals surface area contributed by atoms with Crippen LogP contribution in [0.4, 0.5) is 5.69 Å². The monoisotopic (exact) mass is 205 g/mol. The minimum absolute atomic E-state index is 0.124. The van der Waals surface area contributed by atoms with Crippen molar-refractivity contribution in [3.63, 3.8) is 0 Å². The highest BCUT2D eigenvalue weighted by molar-refractivity contribution is 5.91. The lowest BCUT2D eigenvalue weighted by Crippen LogP contribution is -2.06. The summed E-state index contributed by atoms with van der Waals surface area (Å²) in [6.07, 6.45) is 1.39. The largest absolute Gasteiger partial charge is 0.476 e. The van der Waals surface area contributed by atoms with Crippen LogP contribution in [0.3, 0.4) is 0 Å². The standard InChI is InChI=1S/C10H11N3O2/c1-12-4-2-3-7-5-8(11)9(10(14)15)13-6-7/h5-6,12H,4,11H2,1H3,(H,14,15). The van der Waals surface area contributed by atoms with Gasteiger partial charge in [0.1, 0.15) is 0 Å². The molecule has 0 radical (unpaired) electrons. The van der Waals surface area contributed by atoms with Crippen LogP contribution in [0, 0.1) is 11.8 Å². The molecule has 5 nitrogen and oxygen atoms in total. The number of pyridine rings is 1. The molecule has 15 heavy (non-hydrogen) atoms. The molecule has 0 amide bonds. The maximum atomic E-state index is 10.6. The summed E-state index contributed by atoms with van der Waals surface area (Å²) < 4.78 is 0. The maximum absolute atomic E-state index is 10.6. The molecule has 0 bridgehead atoms. The number of nitrogens with one attached hydrogen (secondary N) is 1. The molecule has 1 heterocycles. The second kappa shape index (κ2) is 4.98. The molecule has 0 saturated heterocycles. The Morgan fingerprint density at radius 3 is 3.00 bits per heavy atom. The van der Waals surface area contributed by atoms with Crippen molar-refractivity contribution in [2.75, 3.05) is 19.3 Å². The van der Waals surface area contributed by atoms with Crippen LogP contribution in [0.5, 0.6) is 0 Å². The quantitative estimate of drug-likeness (QED) is 0.588. The second-order valence-electron chi connectivity index (χ2n) is 2.80. The Morgan fingerprint density at radius 2 is 2.47 bits per heavy atom. The molecule has 5 heteroatoms. The van der Waals surface area contributed by atoms with Gasteiger partial charge in [-0.3, -0.25) is 0 Å². The first-order chi connectivity index (χ1) is 7.15. The van der Waals surface area contributed by atoms with Crippen molar-refractivity contribution in [3.8, 4) is 11.8 Å². The average molecular weight is 205 g/mol. The molecule has 0 unspecified atom stereocenters. The molecule has 0 fully saturated rings. The van der Waals surface area contributed by atoms with E-state index < -0.39 is 5.97 Å². The van der Waals surface area contributed by atoms with Crippen LogP contribution in [0.1, 0.15) is 16.1 Å². The normalized spacial score (nSPS) is 9.13. The Kier molecular flexibility index (Phi) is 3.66. The topological polar surface area (TPSA) is 88.2 Å². The molecular formula is C10H11N3O2. The van der Waals surface area contributed by atoms with Gasteiger partial charge in [-0.25, -0.2) is 9.78 Å². The highest BCUT2D eigenvalue weighted by Gasteiger charge is 2.08. The minimum Gasteiger partial charge on any atom is -0.476 e. The first-order valence-corrected chi connectivity index (χ1v) is 4.27. The summed E-state index contributed by atoms with van der Waals surface area (Å²) in [5, 5.41) is 11.5. The van der Waals surface area contributed by atoms with Gasteiger partial charge in [-0.2, -0.15) is 0 Å². The van der Waals surface area contributed by atoms with E-state index in [9.17, 15) is 4.79 Å². The summed E-state index contributed by atoms with van der Waals surface area (Å²) in [6, 6.07) is 1.50. The third kappa shape index (κ3) is 2.97. The zero-order valence-corrected chi connectivity index (χ0v) is 8.24.